The molecule has 1 aromatic rings. The van der Waals surface area contributed by atoms with E-state index in [-0.39, 0.29) is 5.75 Å². The Labute approximate surface area is 63.5 Å². The van der Waals surface area contributed by atoms with Crippen molar-refractivity contribution in [3.63, 3.8) is 0 Å². The standard InChI is InChI=1S/C8H5NO2/c9-5-8(11)6-1-3-7(10)4-2-6/h1-4,10H. The fourth-order valence-electron chi connectivity index (χ4n) is 0.677. The monoisotopic (exact) mass is 147 g/mol. The number of rotatable bonds is 1. The molecule has 1 rings (SSSR count). The van der Waals surface area contributed by atoms with Crippen molar-refractivity contribution >= 4 is 5.78 Å². The van der Waals surface area contributed by atoms with Gasteiger partial charge in [-0.1, -0.05) is 0 Å². The quantitative estimate of drug-likeness (QED) is 0.478. The number of aromatic hydroxyl groups is 1. The molecule has 0 radical (unpaired) electrons. The van der Waals surface area contributed by atoms with Crippen LogP contribution in [0.3, 0.4) is 0 Å². The van der Waals surface area contributed by atoms with E-state index in [2.05, 4.69) is 0 Å². The molecule has 1 aromatic carbocycles. The van der Waals surface area contributed by atoms with Crippen LogP contribution in [0.1, 0.15) is 10.4 Å². The number of carbonyl (C=O) groups excluding carboxylic acids is 1. The number of ketones is 1. The Hall–Kier alpha value is -1.82. The lowest BCUT2D eigenvalue weighted by atomic mass is 10.1. The van der Waals surface area contributed by atoms with Crippen LogP contribution in [0.2, 0.25) is 0 Å². The predicted octanol–water partition coefficient (Wildman–Crippen LogP) is 1.10. The number of carbonyl (C=O) groups is 1. The molecular formula is C8H5NO2. The molecule has 1 N–H and O–H groups in total. The number of benzene rings is 1. The third kappa shape index (κ3) is 1.55. The lowest BCUT2D eigenvalue weighted by Gasteiger charge is -1.91. The first-order valence-corrected chi connectivity index (χ1v) is 2.97. The van der Waals surface area contributed by atoms with E-state index in [1.807, 2.05) is 0 Å². The van der Waals surface area contributed by atoms with Gasteiger partial charge in [-0.25, -0.2) is 0 Å². The molecule has 0 aromatic heterocycles. The smallest absolute Gasteiger partial charge is 0.262 e. The highest BCUT2D eigenvalue weighted by molar-refractivity contribution is 6.07. The Morgan fingerprint density at radius 1 is 1.36 bits per heavy atom. The van der Waals surface area contributed by atoms with Crippen LogP contribution in [0, 0.1) is 11.3 Å². The maximum absolute atomic E-state index is 10.7. The summed E-state index contributed by atoms with van der Waals surface area (Å²) >= 11 is 0. The summed E-state index contributed by atoms with van der Waals surface area (Å²) in [4.78, 5) is 10.7. The van der Waals surface area contributed by atoms with Crippen molar-refractivity contribution < 1.29 is 9.90 Å². The molecule has 0 aliphatic rings. The molecule has 0 unspecified atom stereocenters. The molecule has 0 atom stereocenters. The first kappa shape index (κ1) is 7.29. The fourth-order valence-corrected chi connectivity index (χ4v) is 0.677. The second kappa shape index (κ2) is 2.84. The highest BCUT2D eigenvalue weighted by atomic mass is 16.3. The normalized spacial score (nSPS) is 8.64. The minimum atomic E-state index is -0.593. The molecule has 0 amide bonds. The summed E-state index contributed by atoms with van der Waals surface area (Å²) in [5.74, 6) is -0.510. The predicted molar refractivity (Wildman–Crippen MR) is 38.1 cm³/mol. The Morgan fingerprint density at radius 2 is 1.91 bits per heavy atom. The first-order chi connectivity index (χ1) is 5.24. The van der Waals surface area contributed by atoms with E-state index < -0.39 is 5.78 Å². The van der Waals surface area contributed by atoms with E-state index in [4.69, 9.17) is 10.4 Å². The van der Waals surface area contributed by atoms with Gasteiger partial charge in [-0.05, 0) is 24.3 Å². The topological polar surface area (TPSA) is 61.1 Å². The average Bonchev–Trinajstić information content (AvgIpc) is 2.05. The van der Waals surface area contributed by atoms with Crippen molar-refractivity contribution in [2.45, 2.75) is 0 Å². The van der Waals surface area contributed by atoms with Crippen molar-refractivity contribution in [2.24, 2.45) is 0 Å². The van der Waals surface area contributed by atoms with Gasteiger partial charge in [0, 0.05) is 5.56 Å². The molecule has 0 spiro atoms. The summed E-state index contributed by atoms with van der Waals surface area (Å²) < 4.78 is 0. The van der Waals surface area contributed by atoms with Crippen LogP contribution in [0.25, 0.3) is 0 Å². The van der Waals surface area contributed by atoms with Crippen molar-refractivity contribution in [3.8, 4) is 11.8 Å². The number of Topliss-reactive ketones (excluding diaryl/α,β-unsaturated/α-hetero) is 1. The third-order valence-electron chi connectivity index (χ3n) is 1.23. The summed E-state index contributed by atoms with van der Waals surface area (Å²) in [6.45, 7) is 0. The Balaban J connectivity index is 3.01. The average molecular weight is 147 g/mol. The van der Waals surface area contributed by atoms with Crippen LogP contribution in [0.5, 0.6) is 5.75 Å². The van der Waals surface area contributed by atoms with E-state index in [0.29, 0.717) is 5.56 Å². The van der Waals surface area contributed by atoms with Crippen LogP contribution in [0.4, 0.5) is 0 Å². The zero-order valence-corrected chi connectivity index (χ0v) is 5.61. The fraction of sp³-hybridized carbons (Fsp3) is 0. The molecule has 3 heteroatoms. The molecular weight excluding hydrogens is 142 g/mol. The summed E-state index contributed by atoms with van der Waals surface area (Å²) in [6.07, 6.45) is 0. The molecule has 0 aliphatic carbocycles. The number of hydrogen-bond acceptors (Lipinski definition) is 3. The number of phenolic OH excluding ortho intramolecular Hbond substituents is 1. The second-order valence-electron chi connectivity index (χ2n) is 1.99. The molecule has 0 saturated carbocycles. The number of phenols is 1. The van der Waals surface area contributed by atoms with E-state index in [1.54, 1.807) is 0 Å². The molecule has 0 saturated heterocycles. The minimum absolute atomic E-state index is 0.0829. The largest absolute Gasteiger partial charge is 0.508 e. The van der Waals surface area contributed by atoms with Crippen molar-refractivity contribution in [2.75, 3.05) is 0 Å². The van der Waals surface area contributed by atoms with Crippen LogP contribution in [-0.4, -0.2) is 10.9 Å². The Bertz CT molecular complexity index is 308. The summed E-state index contributed by atoms with van der Waals surface area (Å²) in [5.41, 5.74) is 0.297. The lowest BCUT2D eigenvalue weighted by molar-refractivity contribution is 0.105. The highest BCUT2D eigenvalue weighted by Gasteiger charge is 2.01. The molecule has 3 nitrogen and oxygen atoms in total. The van der Waals surface area contributed by atoms with Crippen LogP contribution in [-0.2, 0) is 0 Å². The van der Waals surface area contributed by atoms with Gasteiger partial charge in [-0.3, -0.25) is 4.79 Å². The molecule has 54 valence electrons. The van der Waals surface area contributed by atoms with Gasteiger partial charge >= 0.3 is 0 Å². The van der Waals surface area contributed by atoms with E-state index in [9.17, 15) is 4.79 Å². The zero-order chi connectivity index (χ0) is 8.27. The van der Waals surface area contributed by atoms with Crippen molar-refractivity contribution in [1.82, 2.24) is 0 Å². The molecule has 0 heterocycles. The van der Waals surface area contributed by atoms with Gasteiger partial charge in [0.2, 0.25) is 0 Å². The van der Waals surface area contributed by atoms with Crippen LogP contribution < -0.4 is 0 Å². The summed E-state index contributed by atoms with van der Waals surface area (Å²) in [6, 6.07) is 7.02. The number of nitrogens with zero attached hydrogens (tertiary/aromatic N) is 1. The summed E-state index contributed by atoms with van der Waals surface area (Å²) in [7, 11) is 0. The van der Waals surface area contributed by atoms with Gasteiger partial charge in [-0.15, -0.1) is 0 Å². The highest BCUT2D eigenvalue weighted by Crippen LogP contribution is 2.09. The van der Waals surface area contributed by atoms with Crippen LogP contribution >= 0.6 is 0 Å². The Morgan fingerprint density at radius 3 is 2.36 bits per heavy atom. The minimum Gasteiger partial charge on any atom is -0.508 e. The Kier molecular flexibility index (Phi) is 1.88. The second-order valence-corrected chi connectivity index (χ2v) is 1.99. The van der Waals surface area contributed by atoms with E-state index >= 15 is 0 Å². The third-order valence-corrected chi connectivity index (χ3v) is 1.23. The molecule has 0 aliphatic heterocycles. The van der Waals surface area contributed by atoms with Gasteiger partial charge in [-0.2, -0.15) is 5.26 Å². The van der Waals surface area contributed by atoms with Gasteiger partial charge in [0.25, 0.3) is 5.78 Å². The summed E-state index contributed by atoms with van der Waals surface area (Å²) in [5, 5.41) is 17.0. The molecule has 0 bridgehead atoms. The van der Waals surface area contributed by atoms with Crippen LogP contribution in [0.15, 0.2) is 24.3 Å². The van der Waals surface area contributed by atoms with Gasteiger partial charge < -0.3 is 5.11 Å². The van der Waals surface area contributed by atoms with Gasteiger partial charge in [0.15, 0.2) is 0 Å². The zero-order valence-electron chi connectivity index (χ0n) is 5.61. The van der Waals surface area contributed by atoms with Crippen molar-refractivity contribution in [1.29, 1.82) is 5.26 Å². The maximum Gasteiger partial charge on any atom is 0.262 e. The SMILES string of the molecule is N#CC(=O)c1ccc(O)cc1. The molecule has 0 fully saturated rings. The van der Waals surface area contributed by atoms with Crippen molar-refractivity contribution in [3.05, 3.63) is 29.8 Å². The number of hydrogen-bond donors (Lipinski definition) is 1. The van der Waals surface area contributed by atoms with Gasteiger partial charge in [0.1, 0.15) is 11.8 Å². The van der Waals surface area contributed by atoms with E-state index in [0.717, 1.165) is 0 Å². The molecule has 11 heavy (non-hydrogen) atoms. The number of nitriles is 1. The lowest BCUT2D eigenvalue weighted by Crippen LogP contribution is -1.92. The van der Waals surface area contributed by atoms with Gasteiger partial charge in [0.05, 0.1) is 0 Å². The first-order valence-electron chi connectivity index (χ1n) is 2.97. The van der Waals surface area contributed by atoms with E-state index in [1.165, 1.54) is 30.3 Å². The maximum atomic E-state index is 10.7.